The molecule has 2 heterocycles. The summed E-state index contributed by atoms with van der Waals surface area (Å²) in [5.74, 6) is 0.170. The molecule has 1 amide bonds. The van der Waals surface area contributed by atoms with Crippen molar-refractivity contribution in [3.05, 3.63) is 34.9 Å². The van der Waals surface area contributed by atoms with E-state index in [4.69, 9.17) is 11.6 Å². The minimum absolute atomic E-state index is 0.170. The molecule has 0 aliphatic carbocycles. The van der Waals surface area contributed by atoms with E-state index in [0.717, 1.165) is 37.8 Å². The predicted octanol–water partition coefficient (Wildman–Crippen LogP) is 4.21. The van der Waals surface area contributed by atoms with Gasteiger partial charge in [0, 0.05) is 35.3 Å². The largest absolute Gasteiger partial charge is 0.336 e. The topological polar surface area (TPSA) is 23.6 Å². The van der Waals surface area contributed by atoms with Gasteiger partial charge in [0.25, 0.3) is 5.91 Å². The van der Waals surface area contributed by atoms with Gasteiger partial charge in [0.05, 0.1) is 0 Å². The summed E-state index contributed by atoms with van der Waals surface area (Å²) in [5.41, 5.74) is 0.761. The van der Waals surface area contributed by atoms with Crippen LogP contribution in [0.5, 0.6) is 0 Å². The molecule has 2 bridgehead atoms. The van der Waals surface area contributed by atoms with Crippen LogP contribution < -0.4 is 0 Å². The van der Waals surface area contributed by atoms with Crippen molar-refractivity contribution in [2.75, 3.05) is 13.6 Å². The van der Waals surface area contributed by atoms with Gasteiger partial charge in [0.1, 0.15) is 0 Å². The minimum atomic E-state index is 0.170. The van der Waals surface area contributed by atoms with Crippen LogP contribution in [-0.2, 0) is 0 Å². The molecule has 2 aliphatic rings. The third-order valence-electron chi connectivity index (χ3n) is 5.62. The quantitative estimate of drug-likeness (QED) is 0.805. The highest BCUT2D eigenvalue weighted by Gasteiger charge is 2.41. The fraction of sp³-hybridized carbons (Fsp3) is 0.632. The van der Waals surface area contributed by atoms with Crippen molar-refractivity contribution in [2.24, 2.45) is 0 Å². The molecule has 126 valence electrons. The minimum Gasteiger partial charge on any atom is -0.336 e. The smallest absolute Gasteiger partial charge is 0.254 e. The number of nitrogens with zero attached hydrogens (tertiary/aromatic N) is 2. The van der Waals surface area contributed by atoms with Crippen molar-refractivity contribution >= 4 is 17.5 Å². The normalized spacial score (nSPS) is 27.2. The van der Waals surface area contributed by atoms with Crippen LogP contribution in [0.25, 0.3) is 0 Å². The van der Waals surface area contributed by atoms with Gasteiger partial charge in [-0.1, -0.05) is 24.9 Å². The van der Waals surface area contributed by atoms with Crippen molar-refractivity contribution in [1.82, 2.24) is 9.80 Å². The number of fused-ring (bicyclic) bond motifs is 2. The first-order valence-corrected chi connectivity index (χ1v) is 9.26. The summed E-state index contributed by atoms with van der Waals surface area (Å²) in [6.07, 6.45) is 7.00. The third-order valence-corrected chi connectivity index (χ3v) is 5.87. The molecule has 3 nitrogen and oxygen atoms in total. The highest BCUT2D eigenvalue weighted by Crippen LogP contribution is 2.36. The number of carbonyl (C=O) groups is 1. The fourth-order valence-electron chi connectivity index (χ4n) is 4.17. The first-order chi connectivity index (χ1) is 11.1. The Balaban J connectivity index is 1.77. The lowest BCUT2D eigenvalue weighted by Crippen LogP contribution is -2.51. The monoisotopic (exact) mass is 334 g/mol. The van der Waals surface area contributed by atoms with E-state index in [1.807, 2.05) is 24.3 Å². The number of unbranched alkanes of at least 4 members (excludes halogenated alkanes) is 1. The van der Waals surface area contributed by atoms with E-state index >= 15 is 0 Å². The van der Waals surface area contributed by atoms with Crippen molar-refractivity contribution < 1.29 is 4.79 Å². The first kappa shape index (κ1) is 16.8. The Hall–Kier alpha value is -1.06. The second-order valence-corrected chi connectivity index (χ2v) is 7.47. The number of hydrogen-bond donors (Lipinski definition) is 0. The van der Waals surface area contributed by atoms with Gasteiger partial charge < -0.3 is 9.80 Å². The van der Waals surface area contributed by atoms with E-state index in [-0.39, 0.29) is 5.91 Å². The molecule has 2 saturated heterocycles. The third kappa shape index (κ3) is 3.56. The Morgan fingerprint density at radius 1 is 1.22 bits per heavy atom. The number of amides is 1. The Morgan fingerprint density at radius 3 is 2.39 bits per heavy atom. The van der Waals surface area contributed by atoms with E-state index in [1.165, 1.54) is 12.8 Å². The molecule has 3 atom stereocenters. The van der Waals surface area contributed by atoms with Crippen LogP contribution in [0.15, 0.2) is 24.3 Å². The van der Waals surface area contributed by atoms with Crippen molar-refractivity contribution in [2.45, 2.75) is 63.6 Å². The van der Waals surface area contributed by atoms with Gasteiger partial charge in [-0.15, -0.1) is 0 Å². The maximum absolute atomic E-state index is 13.0. The lowest BCUT2D eigenvalue weighted by atomic mass is 9.95. The second kappa shape index (κ2) is 7.23. The summed E-state index contributed by atoms with van der Waals surface area (Å²) in [6.45, 7) is 3.05. The van der Waals surface area contributed by atoms with E-state index in [1.54, 1.807) is 0 Å². The van der Waals surface area contributed by atoms with Crippen molar-refractivity contribution in [3.8, 4) is 0 Å². The van der Waals surface area contributed by atoms with Gasteiger partial charge in [-0.25, -0.2) is 0 Å². The zero-order valence-corrected chi connectivity index (χ0v) is 14.9. The molecule has 0 saturated carbocycles. The molecule has 2 fully saturated rings. The first-order valence-electron chi connectivity index (χ1n) is 8.88. The standard InChI is InChI=1S/C19H27ClN2O/c1-3-4-11-22(19(23)14-5-7-15(20)8-6-14)18-12-16-9-10-17(13-18)21(16)2/h5-8,16-18H,3-4,9-13H2,1-2H3/t16-,17+,18?. The zero-order chi connectivity index (χ0) is 16.4. The van der Waals surface area contributed by atoms with E-state index < -0.39 is 0 Å². The highest BCUT2D eigenvalue weighted by atomic mass is 35.5. The molecule has 0 aromatic heterocycles. The maximum Gasteiger partial charge on any atom is 0.254 e. The lowest BCUT2D eigenvalue weighted by molar-refractivity contribution is 0.0480. The van der Waals surface area contributed by atoms with Gasteiger partial charge >= 0.3 is 0 Å². The molecular weight excluding hydrogens is 308 g/mol. The highest BCUT2D eigenvalue weighted by molar-refractivity contribution is 6.30. The molecule has 1 aromatic carbocycles. The van der Waals surface area contributed by atoms with E-state index in [9.17, 15) is 4.79 Å². The summed E-state index contributed by atoms with van der Waals surface area (Å²) in [6, 6.07) is 9.02. The van der Waals surface area contributed by atoms with Crippen molar-refractivity contribution in [1.29, 1.82) is 0 Å². The molecule has 1 unspecified atom stereocenters. The average molecular weight is 335 g/mol. The maximum atomic E-state index is 13.0. The van der Waals surface area contributed by atoms with Gasteiger partial charge in [-0.3, -0.25) is 4.79 Å². The zero-order valence-electron chi connectivity index (χ0n) is 14.2. The number of benzene rings is 1. The molecule has 4 heteroatoms. The molecule has 3 rings (SSSR count). The molecule has 2 aliphatic heterocycles. The van der Waals surface area contributed by atoms with Crippen LogP contribution in [0.3, 0.4) is 0 Å². The lowest BCUT2D eigenvalue weighted by Gasteiger charge is -2.42. The van der Waals surface area contributed by atoms with Crippen LogP contribution in [0.2, 0.25) is 5.02 Å². The number of piperidine rings is 1. The van der Waals surface area contributed by atoms with Crippen LogP contribution >= 0.6 is 11.6 Å². The van der Waals surface area contributed by atoms with Gasteiger partial charge in [-0.2, -0.15) is 0 Å². The average Bonchev–Trinajstić information content (AvgIpc) is 2.76. The predicted molar refractivity (Wildman–Crippen MR) is 95.0 cm³/mol. The summed E-state index contributed by atoms with van der Waals surface area (Å²) in [4.78, 5) is 17.7. The molecule has 0 radical (unpaired) electrons. The molecular formula is C19H27ClN2O. The Bertz CT molecular complexity index is 531. The van der Waals surface area contributed by atoms with Gasteiger partial charge in [0.15, 0.2) is 0 Å². The Morgan fingerprint density at radius 2 is 1.83 bits per heavy atom. The van der Waals surface area contributed by atoms with Crippen molar-refractivity contribution in [3.63, 3.8) is 0 Å². The molecule has 0 spiro atoms. The summed E-state index contributed by atoms with van der Waals surface area (Å²) in [7, 11) is 2.25. The number of hydrogen-bond acceptors (Lipinski definition) is 2. The summed E-state index contributed by atoms with van der Waals surface area (Å²) in [5, 5.41) is 0.680. The Labute approximate surface area is 144 Å². The van der Waals surface area contributed by atoms with Crippen LogP contribution in [0, 0.1) is 0 Å². The van der Waals surface area contributed by atoms with Crippen LogP contribution in [-0.4, -0.2) is 47.4 Å². The van der Waals surface area contributed by atoms with E-state index in [2.05, 4.69) is 23.8 Å². The van der Waals surface area contributed by atoms with Gasteiger partial charge in [-0.05, 0) is 63.4 Å². The van der Waals surface area contributed by atoms with Gasteiger partial charge in [0.2, 0.25) is 0 Å². The van der Waals surface area contributed by atoms with Crippen LogP contribution in [0.4, 0.5) is 0 Å². The number of halogens is 1. The molecule has 23 heavy (non-hydrogen) atoms. The van der Waals surface area contributed by atoms with E-state index in [0.29, 0.717) is 23.1 Å². The van der Waals surface area contributed by atoms with Crippen LogP contribution in [0.1, 0.15) is 55.8 Å². The summed E-state index contributed by atoms with van der Waals surface area (Å²) >= 11 is 5.96. The SMILES string of the molecule is CCCCN(C(=O)c1ccc(Cl)cc1)C1C[C@H]2CC[C@@H](C1)N2C. The fourth-order valence-corrected chi connectivity index (χ4v) is 4.30. The Kier molecular flexibility index (Phi) is 5.27. The number of rotatable bonds is 5. The summed E-state index contributed by atoms with van der Waals surface area (Å²) < 4.78 is 0. The molecule has 1 aromatic rings. The molecule has 0 N–H and O–H groups in total. The second-order valence-electron chi connectivity index (χ2n) is 7.03. The number of carbonyl (C=O) groups excluding carboxylic acids is 1.